The highest BCUT2D eigenvalue weighted by Gasteiger charge is 2.29. The number of carbonyl (C=O) groups is 1. The van der Waals surface area contributed by atoms with Gasteiger partial charge in [0.25, 0.3) is 5.91 Å². The first-order valence-electron chi connectivity index (χ1n) is 7.17. The van der Waals surface area contributed by atoms with Gasteiger partial charge < -0.3 is 4.74 Å². The number of aryl methyl sites for hydroxylation is 1. The Kier molecular flexibility index (Phi) is 6.07. The Morgan fingerprint density at radius 3 is 2.88 bits per heavy atom. The fourth-order valence-electron chi connectivity index (χ4n) is 1.73. The normalized spacial score (nSPS) is 11.3. The van der Waals surface area contributed by atoms with Gasteiger partial charge in [0.1, 0.15) is 10.6 Å². The average molecular weight is 360 g/mol. The third-order valence-corrected chi connectivity index (χ3v) is 3.72. The molecule has 1 N–H and O–H groups in total. The molecule has 0 aromatic carbocycles. The second kappa shape index (κ2) is 8.04. The summed E-state index contributed by atoms with van der Waals surface area (Å²) in [5.74, 6) is -1.04. The molecule has 1 amide bonds. The molecule has 24 heavy (non-hydrogen) atoms. The standard InChI is InChI=1S/C14H15F3N4O2S/c1-2-3-6-10-20-21-13(24-10)19-11(22)9-5-4-7-18-12(9)23-8-14(15,16)17/h4-5,7H,2-3,6,8H2,1H3,(H,19,21,22). The predicted octanol–water partition coefficient (Wildman–Crippen LogP) is 3.47. The van der Waals surface area contributed by atoms with Gasteiger partial charge in [-0.15, -0.1) is 10.2 Å². The van der Waals surface area contributed by atoms with Gasteiger partial charge >= 0.3 is 6.18 Å². The number of unbranched alkanes of at least 4 members (excludes halogenated alkanes) is 1. The number of alkyl halides is 3. The first-order chi connectivity index (χ1) is 11.4. The fourth-order valence-corrected chi connectivity index (χ4v) is 2.50. The van der Waals surface area contributed by atoms with Crippen LogP contribution in [0.3, 0.4) is 0 Å². The molecule has 0 unspecified atom stereocenters. The van der Waals surface area contributed by atoms with Crippen molar-refractivity contribution in [2.24, 2.45) is 0 Å². The maximum Gasteiger partial charge on any atom is 0.422 e. The number of hydrogen-bond donors (Lipinski definition) is 1. The number of anilines is 1. The largest absolute Gasteiger partial charge is 0.467 e. The summed E-state index contributed by atoms with van der Waals surface area (Å²) in [5, 5.41) is 11.4. The minimum Gasteiger partial charge on any atom is -0.467 e. The van der Waals surface area contributed by atoms with Crippen molar-refractivity contribution in [3.05, 3.63) is 28.9 Å². The quantitative estimate of drug-likeness (QED) is 0.818. The number of hydrogen-bond acceptors (Lipinski definition) is 6. The molecular formula is C14H15F3N4O2S. The molecule has 2 rings (SSSR count). The van der Waals surface area contributed by atoms with Gasteiger partial charge in [0.05, 0.1) is 0 Å². The molecular weight excluding hydrogens is 345 g/mol. The fraction of sp³-hybridized carbons (Fsp3) is 0.429. The van der Waals surface area contributed by atoms with Crippen molar-refractivity contribution in [1.82, 2.24) is 15.2 Å². The number of nitrogens with zero attached hydrogens (tertiary/aromatic N) is 3. The maximum atomic E-state index is 12.3. The lowest BCUT2D eigenvalue weighted by Crippen LogP contribution is -2.21. The summed E-state index contributed by atoms with van der Waals surface area (Å²) in [6, 6.07) is 2.76. The smallest absolute Gasteiger partial charge is 0.422 e. The summed E-state index contributed by atoms with van der Waals surface area (Å²) < 4.78 is 41.4. The number of halogens is 3. The number of amides is 1. The monoisotopic (exact) mass is 360 g/mol. The van der Waals surface area contributed by atoms with Crippen LogP contribution in [0.4, 0.5) is 18.3 Å². The summed E-state index contributed by atoms with van der Waals surface area (Å²) in [5.41, 5.74) is -0.105. The van der Waals surface area contributed by atoms with E-state index in [2.05, 4.69) is 32.2 Å². The Balaban J connectivity index is 2.05. The Bertz CT molecular complexity index is 691. The zero-order chi connectivity index (χ0) is 17.6. The van der Waals surface area contributed by atoms with Crippen LogP contribution < -0.4 is 10.1 Å². The molecule has 0 fully saturated rings. The average Bonchev–Trinajstić information content (AvgIpc) is 2.98. The minimum absolute atomic E-state index is 0.105. The molecule has 2 heterocycles. The van der Waals surface area contributed by atoms with E-state index in [-0.39, 0.29) is 16.6 Å². The first kappa shape index (κ1) is 18.1. The third-order valence-electron chi connectivity index (χ3n) is 2.82. The number of ether oxygens (including phenoxy) is 1. The summed E-state index contributed by atoms with van der Waals surface area (Å²) in [6.45, 7) is 0.527. The highest BCUT2D eigenvalue weighted by molar-refractivity contribution is 7.15. The number of aromatic nitrogens is 3. The van der Waals surface area contributed by atoms with Crippen molar-refractivity contribution >= 4 is 22.4 Å². The van der Waals surface area contributed by atoms with Crippen LogP contribution >= 0.6 is 11.3 Å². The van der Waals surface area contributed by atoms with E-state index in [0.717, 1.165) is 24.3 Å². The Morgan fingerprint density at radius 2 is 2.17 bits per heavy atom. The lowest BCUT2D eigenvalue weighted by molar-refractivity contribution is -0.154. The number of nitrogens with one attached hydrogen (secondary N) is 1. The summed E-state index contributed by atoms with van der Waals surface area (Å²) in [4.78, 5) is 15.9. The van der Waals surface area contributed by atoms with E-state index in [0.29, 0.717) is 0 Å². The van der Waals surface area contributed by atoms with Gasteiger partial charge in [0.2, 0.25) is 11.0 Å². The Hall–Kier alpha value is -2.23. The van der Waals surface area contributed by atoms with E-state index in [9.17, 15) is 18.0 Å². The van der Waals surface area contributed by atoms with Crippen LogP contribution in [0.5, 0.6) is 5.88 Å². The zero-order valence-corrected chi connectivity index (χ0v) is 13.6. The molecule has 0 saturated heterocycles. The van der Waals surface area contributed by atoms with Crippen LogP contribution in [0.1, 0.15) is 35.1 Å². The van der Waals surface area contributed by atoms with Gasteiger partial charge in [-0.05, 0) is 18.6 Å². The topological polar surface area (TPSA) is 77.0 Å². The Labute approximate surface area is 140 Å². The highest BCUT2D eigenvalue weighted by Crippen LogP contribution is 2.22. The SMILES string of the molecule is CCCCc1nnc(NC(=O)c2cccnc2OCC(F)(F)F)s1. The minimum atomic E-state index is -4.52. The van der Waals surface area contributed by atoms with Gasteiger partial charge in [0, 0.05) is 12.6 Å². The number of pyridine rings is 1. The van der Waals surface area contributed by atoms with Crippen molar-refractivity contribution in [3.63, 3.8) is 0 Å². The van der Waals surface area contributed by atoms with Crippen LogP contribution in [0, 0.1) is 0 Å². The molecule has 2 aromatic heterocycles. The molecule has 0 spiro atoms. The third kappa shape index (κ3) is 5.44. The second-order valence-corrected chi connectivity index (χ2v) is 5.88. The Morgan fingerprint density at radius 1 is 1.38 bits per heavy atom. The van der Waals surface area contributed by atoms with Crippen molar-refractivity contribution in [3.8, 4) is 5.88 Å². The van der Waals surface area contributed by atoms with Crippen LogP contribution in [0.15, 0.2) is 18.3 Å². The van der Waals surface area contributed by atoms with Crippen molar-refractivity contribution in [2.75, 3.05) is 11.9 Å². The molecule has 0 aliphatic rings. The van der Waals surface area contributed by atoms with Gasteiger partial charge in [-0.3, -0.25) is 10.1 Å². The van der Waals surface area contributed by atoms with Gasteiger partial charge in [-0.2, -0.15) is 13.2 Å². The van der Waals surface area contributed by atoms with Crippen LogP contribution in [0.25, 0.3) is 0 Å². The molecule has 130 valence electrons. The van der Waals surface area contributed by atoms with Crippen LogP contribution in [0.2, 0.25) is 0 Å². The predicted molar refractivity (Wildman–Crippen MR) is 82.3 cm³/mol. The molecule has 0 aliphatic heterocycles. The van der Waals surface area contributed by atoms with Gasteiger partial charge in [-0.25, -0.2) is 4.98 Å². The van der Waals surface area contributed by atoms with E-state index in [1.165, 1.54) is 29.7 Å². The lowest BCUT2D eigenvalue weighted by Gasteiger charge is -2.11. The summed E-state index contributed by atoms with van der Waals surface area (Å²) in [6.07, 6.45) is -0.538. The van der Waals surface area contributed by atoms with E-state index in [4.69, 9.17) is 0 Å². The van der Waals surface area contributed by atoms with E-state index in [1.807, 2.05) is 0 Å². The molecule has 0 aliphatic carbocycles. The number of rotatable bonds is 7. The summed E-state index contributed by atoms with van der Waals surface area (Å²) in [7, 11) is 0. The van der Waals surface area contributed by atoms with Crippen molar-refractivity contribution < 1.29 is 22.7 Å². The zero-order valence-electron chi connectivity index (χ0n) is 12.8. The van der Waals surface area contributed by atoms with E-state index < -0.39 is 18.7 Å². The lowest BCUT2D eigenvalue weighted by atomic mass is 10.2. The van der Waals surface area contributed by atoms with Crippen molar-refractivity contribution in [2.45, 2.75) is 32.4 Å². The summed E-state index contributed by atoms with van der Waals surface area (Å²) >= 11 is 1.22. The molecule has 6 nitrogen and oxygen atoms in total. The highest BCUT2D eigenvalue weighted by atomic mass is 32.1. The maximum absolute atomic E-state index is 12.3. The molecule has 0 saturated carbocycles. The van der Waals surface area contributed by atoms with E-state index in [1.54, 1.807) is 0 Å². The van der Waals surface area contributed by atoms with Crippen LogP contribution in [-0.2, 0) is 6.42 Å². The molecule has 0 atom stereocenters. The van der Waals surface area contributed by atoms with Gasteiger partial charge in [0.15, 0.2) is 6.61 Å². The van der Waals surface area contributed by atoms with Crippen LogP contribution in [-0.4, -0.2) is 33.9 Å². The molecule has 0 bridgehead atoms. The van der Waals surface area contributed by atoms with E-state index >= 15 is 0 Å². The van der Waals surface area contributed by atoms with Gasteiger partial charge in [-0.1, -0.05) is 24.7 Å². The molecule has 0 radical (unpaired) electrons. The number of carbonyl (C=O) groups excluding carboxylic acids is 1. The molecule has 10 heteroatoms. The molecule has 2 aromatic rings. The van der Waals surface area contributed by atoms with Crippen molar-refractivity contribution in [1.29, 1.82) is 0 Å². The second-order valence-electron chi connectivity index (χ2n) is 4.82. The first-order valence-corrected chi connectivity index (χ1v) is 7.99.